The molecule has 3 heterocycles. The summed E-state index contributed by atoms with van der Waals surface area (Å²) in [7, 11) is 0. The van der Waals surface area contributed by atoms with Crippen LogP contribution in [0.15, 0.2) is 41.3 Å². The third-order valence-corrected chi connectivity index (χ3v) is 9.03. The largest absolute Gasteiger partial charge is 0.375 e. The van der Waals surface area contributed by atoms with Gasteiger partial charge < -0.3 is 19.9 Å². The van der Waals surface area contributed by atoms with Crippen molar-refractivity contribution in [3.05, 3.63) is 42.0 Å². The lowest BCUT2D eigenvalue weighted by molar-refractivity contribution is 0.0529. The molecule has 2 aromatic rings. The number of carbonyl (C=O) groups is 1. The molecule has 6 nitrogen and oxygen atoms in total. The van der Waals surface area contributed by atoms with Gasteiger partial charge in [0.1, 0.15) is 11.6 Å². The summed E-state index contributed by atoms with van der Waals surface area (Å²) in [5, 5.41) is 3.84. The molecule has 34 heavy (non-hydrogen) atoms. The van der Waals surface area contributed by atoms with Gasteiger partial charge in [0.25, 0.3) is 5.91 Å². The number of nitrogens with zero attached hydrogens (tertiary/aromatic N) is 3. The van der Waals surface area contributed by atoms with Crippen LogP contribution in [-0.2, 0) is 4.74 Å². The van der Waals surface area contributed by atoms with Gasteiger partial charge in [-0.3, -0.25) is 4.79 Å². The van der Waals surface area contributed by atoms with Crippen LogP contribution in [0.3, 0.4) is 0 Å². The number of aromatic nitrogens is 1. The quantitative estimate of drug-likeness (QED) is 0.616. The molecule has 1 atom stereocenters. The Kier molecular flexibility index (Phi) is 5.94. The summed E-state index contributed by atoms with van der Waals surface area (Å²) in [4.78, 5) is 24.2. The average Bonchev–Trinajstić information content (AvgIpc) is 3.79. The summed E-state index contributed by atoms with van der Waals surface area (Å²) in [6, 6.07) is 12.2. The maximum Gasteiger partial charge on any atom is 0.258 e. The predicted octanol–water partition coefficient (Wildman–Crippen LogP) is 5.19. The van der Waals surface area contributed by atoms with E-state index in [9.17, 15) is 4.79 Å². The molecule has 2 saturated carbocycles. The van der Waals surface area contributed by atoms with E-state index in [0.717, 1.165) is 48.5 Å². The zero-order valence-corrected chi connectivity index (χ0v) is 20.8. The van der Waals surface area contributed by atoms with Crippen LogP contribution in [0.1, 0.15) is 55.8 Å². The van der Waals surface area contributed by atoms with Gasteiger partial charge in [0.05, 0.1) is 24.0 Å². The first-order valence-electron chi connectivity index (χ1n) is 12.8. The zero-order valence-electron chi connectivity index (χ0n) is 20.0. The van der Waals surface area contributed by atoms with Crippen molar-refractivity contribution in [2.24, 2.45) is 5.41 Å². The third-order valence-electron chi connectivity index (χ3n) is 7.70. The molecule has 2 aliphatic carbocycles. The second-order valence-corrected chi connectivity index (χ2v) is 11.8. The van der Waals surface area contributed by atoms with E-state index in [-0.39, 0.29) is 12.0 Å². The first-order valence-corrected chi connectivity index (χ1v) is 13.7. The Bertz CT molecular complexity index is 1060. The van der Waals surface area contributed by atoms with Crippen molar-refractivity contribution in [3.63, 3.8) is 0 Å². The molecule has 4 fully saturated rings. The van der Waals surface area contributed by atoms with Crippen molar-refractivity contribution in [3.8, 4) is 0 Å². The summed E-state index contributed by atoms with van der Waals surface area (Å²) in [5.41, 5.74) is 2.44. The van der Waals surface area contributed by atoms with Gasteiger partial charge in [-0.15, -0.1) is 11.8 Å². The Hall–Kier alpha value is -2.25. The molecule has 7 heteroatoms. The summed E-state index contributed by atoms with van der Waals surface area (Å²) < 4.78 is 5.66. The standard InChI is InChI=1S/C27H34N4O2S/c1-19-18-31(15-16-33-19)25-4-2-3-24(28-25)29-26(32)22-8-7-21(34-20-5-6-20)17-23(22)30-13-11-27(9-10-27)12-14-30/h2-4,7-8,17,19-20H,5-6,9-16,18H2,1H3,(H,28,29,32)/t19-/m1/s1. The fourth-order valence-corrected chi connectivity index (χ4v) is 6.28. The summed E-state index contributed by atoms with van der Waals surface area (Å²) in [5.74, 6) is 1.40. The second-order valence-electron chi connectivity index (χ2n) is 10.4. The molecule has 1 N–H and O–H groups in total. The first-order chi connectivity index (χ1) is 16.6. The minimum Gasteiger partial charge on any atom is -0.375 e. The predicted molar refractivity (Wildman–Crippen MR) is 138 cm³/mol. The number of hydrogen-bond acceptors (Lipinski definition) is 6. The Balaban J connectivity index is 1.22. The maximum atomic E-state index is 13.5. The molecule has 6 rings (SSSR count). The van der Waals surface area contributed by atoms with Gasteiger partial charge in [0.2, 0.25) is 0 Å². The molecule has 0 radical (unpaired) electrons. The fraction of sp³-hybridized carbons (Fsp3) is 0.556. The van der Waals surface area contributed by atoms with E-state index in [1.54, 1.807) is 0 Å². The highest BCUT2D eigenvalue weighted by molar-refractivity contribution is 8.00. The lowest BCUT2D eigenvalue weighted by Gasteiger charge is -2.35. The van der Waals surface area contributed by atoms with E-state index in [4.69, 9.17) is 9.72 Å². The van der Waals surface area contributed by atoms with Gasteiger partial charge in [0, 0.05) is 36.3 Å². The van der Waals surface area contributed by atoms with Gasteiger partial charge in [-0.2, -0.15) is 0 Å². The van der Waals surface area contributed by atoms with E-state index >= 15 is 0 Å². The number of ether oxygens (including phenoxy) is 1. The van der Waals surface area contributed by atoms with Crippen LogP contribution in [0, 0.1) is 5.41 Å². The van der Waals surface area contributed by atoms with E-state index < -0.39 is 0 Å². The summed E-state index contributed by atoms with van der Waals surface area (Å²) in [6.07, 6.45) is 8.05. The number of piperidine rings is 1. The highest BCUT2D eigenvalue weighted by Crippen LogP contribution is 2.54. The molecule has 4 aliphatic rings. The second kappa shape index (κ2) is 9.08. The van der Waals surface area contributed by atoms with E-state index in [1.807, 2.05) is 36.0 Å². The van der Waals surface area contributed by atoms with Gasteiger partial charge in [-0.1, -0.05) is 6.07 Å². The van der Waals surface area contributed by atoms with Crippen molar-refractivity contribution >= 4 is 35.0 Å². The summed E-state index contributed by atoms with van der Waals surface area (Å²) in [6.45, 7) is 6.49. The number of morpholine rings is 1. The fourth-order valence-electron chi connectivity index (χ4n) is 5.19. The highest BCUT2D eigenvalue weighted by atomic mass is 32.2. The minimum absolute atomic E-state index is 0.0790. The van der Waals surface area contributed by atoms with E-state index in [2.05, 4.69) is 34.2 Å². The Morgan fingerprint density at radius 3 is 2.65 bits per heavy atom. The van der Waals surface area contributed by atoms with Crippen LogP contribution >= 0.6 is 11.8 Å². The van der Waals surface area contributed by atoms with Crippen molar-refractivity contribution in [1.82, 2.24) is 4.98 Å². The zero-order chi connectivity index (χ0) is 23.1. The van der Waals surface area contributed by atoms with Gasteiger partial charge >= 0.3 is 0 Å². The molecular formula is C27H34N4O2S. The molecule has 1 amide bonds. The van der Waals surface area contributed by atoms with Crippen molar-refractivity contribution in [1.29, 1.82) is 0 Å². The monoisotopic (exact) mass is 478 g/mol. The smallest absolute Gasteiger partial charge is 0.258 e. The molecule has 1 aromatic carbocycles. The van der Waals surface area contributed by atoms with Crippen LogP contribution in [0.25, 0.3) is 0 Å². The van der Waals surface area contributed by atoms with Gasteiger partial charge in [-0.05, 0) is 81.2 Å². The lowest BCUT2D eigenvalue weighted by Crippen LogP contribution is -2.41. The number of thioether (sulfide) groups is 1. The molecule has 2 aliphatic heterocycles. The number of anilines is 3. The number of nitrogens with one attached hydrogen (secondary N) is 1. The van der Waals surface area contributed by atoms with Crippen molar-refractivity contribution < 1.29 is 9.53 Å². The molecule has 2 saturated heterocycles. The number of benzene rings is 1. The van der Waals surface area contributed by atoms with Crippen LogP contribution in [0.5, 0.6) is 0 Å². The SMILES string of the molecule is C[C@@H]1CN(c2cccc(NC(=O)c3ccc(SC4CC4)cc3N3CCC4(CC3)CC4)n2)CCO1. The third kappa shape index (κ3) is 4.91. The Morgan fingerprint density at radius 2 is 1.91 bits per heavy atom. The number of carbonyl (C=O) groups excluding carboxylic acids is 1. The Morgan fingerprint density at radius 1 is 1.09 bits per heavy atom. The van der Waals surface area contributed by atoms with Crippen LogP contribution in [-0.4, -0.2) is 55.0 Å². The molecule has 180 valence electrons. The molecule has 0 bridgehead atoms. The highest BCUT2D eigenvalue weighted by Gasteiger charge is 2.44. The normalized spacial score (nSPS) is 23.7. The van der Waals surface area contributed by atoms with Crippen molar-refractivity contribution in [2.75, 3.05) is 47.9 Å². The van der Waals surface area contributed by atoms with Crippen LogP contribution in [0.2, 0.25) is 0 Å². The molecular weight excluding hydrogens is 444 g/mol. The number of pyridine rings is 1. The molecule has 1 spiro atoms. The van der Waals surface area contributed by atoms with Crippen molar-refractivity contribution in [2.45, 2.75) is 61.7 Å². The van der Waals surface area contributed by atoms with E-state index in [1.165, 1.54) is 43.4 Å². The molecule has 1 aromatic heterocycles. The van der Waals surface area contributed by atoms with E-state index in [0.29, 0.717) is 17.8 Å². The van der Waals surface area contributed by atoms with Gasteiger partial charge in [-0.25, -0.2) is 4.98 Å². The number of hydrogen-bond donors (Lipinski definition) is 1. The number of rotatable bonds is 6. The minimum atomic E-state index is -0.0790. The summed E-state index contributed by atoms with van der Waals surface area (Å²) >= 11 is 1.96. The van der Waals surface area contributed by atoms with Crippen LogP contribution in [0.4, 0.5) is 17.3 Å². The maximum absolute atomic E-state index is 13.5. The molecule has 0 unspecified atom stereocenters. The average molecular weight is 479 g/mol. The topological polar surface area (TPSA) is 57.7 Å². The number of amides is 1. The van der Waals surface area contributed by atoms with Crippen LogP contribution < -0.4 is 15.1 Å². The Labute approximate surface area is 206 Å². The first kappa shape index (κ1) is 22.2. The lowest BCUT2D eigenvalue weighted by atomic mass is 9.93. The van der Waals surface area contributed by atoms with Gasteiger partial charge in [0.15, 0.2) is 0 Å².